The summed E-state index contributed by atoms with van der Waals surface area (Å²) >= 11 is 1.37. The maximum Gasteiger partial charge on any atom is 0.230 e. The number of nitrogen functional groups attached to an aromatic ring is 1. The minimum atomic E-state index is 0.521. The van der Waals surface area contributed by atoms with E-state index in [1.165, 1.54) is 11.5 Å². The number of ether oxygens (including phenoxy) is 1. The molecule has 0 spiro atoms. The second-order valence-corrected chi connectivity index (χ2v) is 3.42. The molecule has 0 aliphatic carbocycles. The molecule has 0 aliphatic rings. The second kappa shape index (κ2) is 3.67. The van der Waals surface area contributed by atoms with Gasteiger partial charge in [0.1, 0.15) is 5.82 Å². The Labute approximate surface area is 85.3 Å². The highest BCUT2D eigenvalue weighted by Gasteiger charge is 2.06. The third-order valence-corrected chi connectivity index (χ3v) is 2.45. The summed E-state index contributed by atoms with van der Waals surface area (Å²) in [7, 11) is 1.61. The highest BCUT2D eigenvalue weighted by molar-refractivity contribution is 7.03. The Morgan fingerprint density at radius 3 is 3.14 bits per heavy atom. The summed E-state index contributed by atoms with van der Waals surface area (Å²) in [6, 6.07) is 1.76. The highest BCUT2D eigenvalue weighted by Crippen LogP contribution is 2.19. The molecule has 74 valence electrons. The average Bonchev–Trinajstić information content (AvgIpc) is 2.76. The first-order valence-electron chi connectivity index (χ1n) is 4.06. The molecule has 5 nitrogen and oxygen atoms in total. The second-order valence-electron chi connectivity index (χ2n) is 2.79. The Morgan fingerprint density at radius 1 is 1.64 bits per heavy atom. The van der Waals surface area contributed by atoms with Crippen molar-refractivity contribution >= 4 is 17.4 Å². The van der Waals surface area contributed by atoms with Crippen LogP contribution in [-0.2, 0) is 6.54 Å². The van der Waals surface area contributed by atoms with Gasteiger partial charge in [-0.25, -0.2) is 0 Å². The Morgan fingerprint density at radius 2 is 2.50 bits per heavy atom. The van der Waals surface area contributed by atoms with Crippen LogP contribution in [0.4, 0.5) is 5.82 Å². The molecule has 0 saturated heterocycles. The quantitative estimate of drug-likeness (QED) is 0.820. The van der Waals surface area contributed by atoms with Crippen LogP contribution in [0.2, 0.25) is 0 Å². The molecule has 2 N–H and O–H groups in total. The number of nitrogens with two attached hydrogens (primary N) is 1. The first-order chi connectivity index (χ1) is 6.79. The summed E-state index contributed by atoms with van der Waals surface area (Å²) in [5.41, 5.74) is 6.52. The first kappa shape index (κ1) is 9.01. The lowest BCUT2D eigenvalue weighted by Gasteiger charge is -2.00. The lowest BCUT2D eigenvalue weighted by atomic mass is 10.3. The van der Waals surface area contributed by atoms with E-state index in [0.717, 1.165) is 5.56 Å². The molecule has 0 bridgehead atoms. The fraction of sp³-hybridized carbons (Fsp3) is 0.250. The summed E-state index contributed by atoms with van der Waals surface area (Å²) < 4.78 is 10.9. The average molecular weight is 210 g/mol. The highest BCUT2D eigenvalue weighted by atomic mass is 32.1. The van der Waals surface area contributed by atoms with E-state index < -0.39 is 0 Å². The van der Waals surface area contributed by atoms with E-state index in [4.69, 9.17) is 10.5 Å². The molecule has 2 heterocycles. The Bertz CT molecular complexity index is 422. The van der Waals surface area contributed by atoms with E-state index in [1.54, 1.807) is 17.9 Å². The summed E-state index contributed by atoms with van der Waals surface area (Å²) in [5, 5.41) is 6.02. The van der Waals surface area contributed by atoms with Crippen LogP contribution >= 0.6 is 11.5 Å². The summed E-state index contributed by atoms with van der Waals surface area (Å²) in [6.07, 6.45) is 1.83. The maximum atomic E-state index is 5.50. The van der Waals surface area contributed by atoms with Gasteiger partial charge in [-0.15, -0.1) is 0 Å². The standard InChI is InChI=1S/C8H10N4OS/c1-13-8-6(5-14-11-8)4-12-3-2-7(9)10-12/h2-3,5H,4H2,1H3,(H2,9,10). The smallest absolute Gasteiger partial charge is 0.230 e. The summed E-state index contributed by atoms with van der Waals surface area (Å²) in [4.78, 5) is 0. The molecule has 0 aromatic carbocycles. The van der Waals surface area contributed by atoms with Crippen molar-refractivity contribution in [2.24, 2.45) is 0 Å². The van der Waals surface area contributed by atoms with Gasteiger partial charge in [0.05, 0.1) is 13.7 Å². The lowest BCUT2D eigenvalue weighted by molar-refractivity contribution is 0.395. The summed E-state index contributed by atoms with van der Waals surface area (Å²) in [6.45, 7) is 0.636. The molecule has 0 unspecified atom stereocenters. The molecule has 6 heteroatoms. The minimum Gasteiger partial charge on any atom is -0.480 e. The van der Waals surface area contributed by atoms with Crippen LogP contribution in [0.1, 0.15) is 5.56 Å². The molecule has 2 aromatic heterocycles. The molecule has 0 amide bonds. The molecular formula is C8H10N4OS. The predicted molar refractivity (Wildman–Crippen MR) is 54.4 cm³/mol. The summed E-state index contributed by atoms with van der Waals surface area (Å²) in [5.74, 6) is 1.18. The predicted octanol–water partition coefficient (Wildman–Crippen LogP) is 0.979. The van der Waals surface area contributed by atoms with Crippen molar-refractivity contribution in [1.82, 2.24) is 14.2 Å². The van der Waals surface area contributed by atoms with E-state index in [9.17, 15) is 0 Å². The van der Waals surface area contributed by atoms with Crippen molar-refractivity contribution < 1.29 is 4.74 Å². The lowest BCUT2D eigenvalue weighted by Crippen LogP contribution is -2.01. The fourth-order valence-electron chi connectivity index (χ4n) is 1.16. The largest absolute Gasteiger partial charge is 0.480 e. The van der Waals surface area contributed by atoms with Gasteiger partial charge in [-0.2, -0.15) is 9.47 Å². The van der Waals surface area contributed by atoms with Gasteiger partial charge in [0.15, 0.2) is 0 Å². The molecular weight excluding hydrogens is 200 g/mol. The van der Waals surface area contributed by atoms with Crippen molar-refractivity contribution in [3.63, 3.8) is 0 Å². The van der Waals surface area contributed by atoms with E-state index in [2.05, 4.69) is 9.47 Å². The minimum absolute atomic E-state index is 0.521. The van der Waals surface area contributed by atoms with Crippen molar-refractivity contribution in [2.75, 3.05) is 12.8 Å². The molecule has 14 heavy (non-hydrogen) atoms. The van der Waals surface area contributed by atoms with Gasteiger partial charge in [-0.3, -0.25) is 4.68 Å². The van der Waals surface area contributed by atoms with Crippen LogP contribution in [0, 0.1) is 0 Å². The molecule has 0 aliphatic heterocycles. The molecule has 0 radical (unpaired) electrons. The molecule has 0 saturated carbocycles. The number of hydrogen-bond donors (Lipinski definition) is 1. The number of aromatic nitrogens is 3. The van der Waals surface area contributed by atoms with Crippen LogP contribution in [0.5, 0.6) is 5.88 Å². The monoisotopic (exact) mass is 210 g/mol. The van der Waals surface area contributed by atoms with Crippen LogP contribution in [0.25, 0.3) is 0 Å². The van der Waals surface area contributed by atoms with E-state index >= 15 is 0 Å². The molecule has 0 fully saturated rings. The topological polar surface area (TPSA) is 66.0 Å². The van der Waals surface area contributed by atoms with Crippen molar-refractivity contribution in [3.8, 4) is 5.88 Å². The van der Waals surface area contributed by atoms with Gasteiger partial charge in [-0.05, 0) is 17.6 Å². The van der Waals surface area contributed by atoms with Crippen LogP contribution in [0.15, 0.2) is 17.6 Å². The van der Waals surface area contributed by atoms with E-state index in [-0.39, 0.29) is 0 Å². The molecule has 2 aromatic rings. The van der Waals surface area contributed by atoms with Crippen molar-refractivity contribution in [2.45, 2.75) is 6.54 Å². The number of methoxy groups -OCH3 is 1. The molecule has 2 rings (SSSR count). The van der Waals surface area contributed by atoms with E-state index in [1.807, 2.05) is 11.6 Å². The third-order valence-electron chi connectivity index (χ3n) is 1.79. The SMILES string of the molecule is COc1nscc1Cn1ccc(N)n1. The van der Waals surface area contributed by atoms with Crippen LogP contribution < -0.4 is 10.5 Å². The maximum absolute atomic E-state index is 5.50. The normalized spacial score (nSPS) is 10.4. The van der Waals surface area contributed by atoms with Crippen molar-refractivity contribution in [3.05, 3.63) is 23.2 Å². The number of nitrogens with zero attached hydrogens (tertiary/aromatic N) is 3. The van der Waals surface area contributed by atoms with Gasteiger partial charge in [0, 0.05) is 17.1 Å². The third kappa shape index (κ3) is 1.69. The zero-order valence-electron chi connectivity index (χ0n) is 7.67. The Balaban J connectivity index is 2.18. The van der Waals surface area contributed by atoms with Crippen LogP contribution in [-0.4, -0.2) is 21.3 Å². The number of rotatable bonds is 3. The van der Waals surface area contributed by atoms with Gasteiger partial charge in [0.25, 0.3) is 0 Å². The zero-order valence-corrected chi connectivity index (χ0v) is 8.49. The van der Waals surface area contributed by atoms with Gasteiger partial charge < -0.3 is 10.5 Å². The first-order valence-corrected chi connectivity index (χ1v) is 4.89. The Hall–Kier alpha value is -1.56. The van der Waals surface area contributed by atoms with Gasteiger partial charge in [0.2, 0.25) is 5.88 Å². The number of hydrogen-bond acceptors (Lipinski definition) is 5. The van der Waals surface area contributed by atoms with Gasteiger partial charge in [-0.1, -0.05) is 0 Å². The van der Waals surface area contributed by atoms with E-state index in [0.29, 0.717) is 18.2 Å². The van der Waals surface area contributed by atoms with Gasteiger partial charge >= 0.3 is 0 Å². The number of anilines is 1. The fourth-order valence-corrected chi connectivity index (χ4v) is 1.80. The van der Waals surface area contributed by atoms with Crippen LogP contribution in [0.3, 0.4) is 0 Å². The zero-order chi connectivity index (χ0) is 9.97. The Kier molecular flexibility index (Phi) is 2.36. The van der Waals surface area contributed by atoms with Crippen molar-refractivity contribution in [1.29, 1.82) is 0 Å². The molecule has 0 atom stereocenters.